The van der Waals surface area contributed by atoms with E-state index in [0.717, 1.165) is 32.1 Å². The molecule has 0 aromatic heterocycles. The normalized spacial score (nSPS) is 49.2. The summed E-state index contributed by atoms with van der Waals surface area (Å²) in [6, 6.07) is 0. The lowest BCUT2D eigenvalue weighted by molar-refractivity contribution is -0.249. The molecule has 0 amide bonds. The van der Waals surface area contributed by atoms with Crippen molar-refractivity contribution in [1.29, 1.82) is 0 Å². The second-order valence-corrected chi connectivity index (χ2v) is 15.5. The minimum Gasteiger partial charge on any atom is -0.434 e. The molecule has 5 aliphatic carbocycles. The van der Waals surface area contributed by atoms with Crippen LogP contribution in [0.3, 0.4) is 0 Å². The van der Waals surface area contributed by atoms with Gasteiger partial charge in [-0.05, 0) is 122 Å². The Labute approximate surface area is 231 Å². The van der Waals surface area contributed by atoms with E-state index in [9.17, 15) is 9.90 Å². The molecular formula is C33H54O5. The van der Waals surface area contributed by atoms with Gasteiger partial charge in [-0.1, -0.05) is 46.8 Å². The van der Waals surface area contributed by atoms with Crippen molar-refractivity contribution in [3.8, 4) is 0 Å². The Balaban J connectivity index is 1.46. The Hall–Kier alpha value is -1.07. The lowest BCUT2D eigenvalue weighted by Crippen LogP contribution is -2.66. The fourth-order valence-corrected chi connectivity index (χ4v) is 11.9. The van der Waals surface area contributed by atoms with Gasteiger partial charge in [0, 0.05) is 5.41 Å². The minimum atomic E-state index is -0.650. The van der Waals surface area contributed by atoms with Crippen molar-refractivity contribution in [2.45, 2.75) is 112 Å². The smallest absolute Gasteiger partial charge is 0.434 e. The van der Waals surface area contributed by atoms with Crippen molar-refractivity contribution in [3.63, 3.8) is 0 Å². The van der Waals surface area contributed by atoms with Crippen LogP contribution in [-0.2, 0) is 9.47 Å². The van der Waals surface area contributed by atoms with Crippen molar-refractivity contribution in [2.75, 3.05) is 19.8 Å². The van der Waals surface area contributed by atoms with E-state index in [1.165, 1.54) is 37.7 Å². The number of fused-ring (bicyclic) bond motifs is 7. The highest BCUT2D eigenvalue weighted by Crippen LogP contribution is 2.77. The highest BCUT2D eigenvalue weighted by atomic mass is 16.7. The third-order valence-electron chi connectivity index (χ3n) is 14.0. The van der Waals surface area contributed by atoms with Gasteiger partial charge in [-0.3, -0.25) is 0 Å². The lowest BCUT2D eigenvalue weighted by atomic mass is 9.32. The summed E-state index contributed by atoms with van der Waals surface area (Å²) < 4.78 is 10.8. The molecule has 38 heavy (non-hydrogen) atoms. The van der Waals surface area contributed by atoms with E-state index in [0.29, 0.717) is 36.2 Å². The predicted molar refractivity (Wildman–Crippen MR) is 149 cm³/mol. The molecule has 0 saturated heterocycles. The van der Waals surface area contributed by atoms with E-state index in [1.54, 1.807) is 0 Å². The predicted octanol–water partition coefficient (Wildman–Crippen LogP) is 7.15. The summed E-state index contributed by atoms with van der Waals surface area (Å²) in [5.74, 6) is 2.82. The molecule has 0 aromatic rings. The van der Waals surface area contributed by atoms with Gasteiger partial charge in [-0.15, -0.1) is 0 Å². The molecule has 5 aliphatic rings. The van der Waals surface area contributed by atoms with Crippen LogP contribution in [0.25, 0.3) is 0 Å². The Kier molecular flexibility index (Phi) is 7.11. The third kappa shape index (κ3) is 3.87. The van der Waals surface area contributed by atoms with Crippen molar-refractivity contribution in [1.82, 2.24) is 0 Å². The van der Waals surface area contributed by atoms with Gasteiger partial charge >= 0.3 is 6.16 Å². The monoisotopic (exact) mass is 530 g/mol. The zero-order chi connectivity index (χ0) is 27.7. The first-order valence-electron chi connectivity index (χ1n) is 15.5. The first-order valence-corrected chi connectivity index (χ1v) is 15.5. The highest BCUT2D eigenvalue weighted by molar-refractivity contribution is 5.59. The number of ether oxygens (including phenoxy) is 2. The lowest BCUT2D eigenvalue weighted by Gasteiger charge is -2.73. The summed E-state index contributed by atoms with van der Waals surface area (Å²) >= 11 is 0. The Bertz CT molecular complexity index is 944. The number of aliphatic hydroxyl groups excluding tert-OH is 2. The largest absolute Gasteiger partial charge is 0.508 e. The molecule has 5 nitrogen and oxygen atoms in total. The standard InChI is InChI=1S/C33H54O5/c1-21(2)22-10-15-33(20-38-28(36)37-19-18-34)17-16-31(6)23(27(22)33)8-9-25-30(5)13-12-26(35)29(3,4)24(30)11-14-32(25,31)7/h22-27,34-35H,1,8-20H2,2-7H3/t22-,23+,24-,25+,26-,27+,30-,31+,32+,33+/m0/s1. The molecule has 5 heteroatoms. The van der Waals surface area contributed by atoms with Crippen LogP contribution in [0, 0.1) is 56.7 Å². The molecule has 0 bridgehead atoms. The van der Waals surface area contributed by atoms with Crippen LogP contribution < -0.4 is 0 Å². The van der Waals surface area contributed by atoms with E-state index < -0.39 is 6.16 Å². The quantitative estimate of drug-likeness (QED) is 0.292. The number of hydrogen-bond donors (Lipinski definition) is 2. The summed E-state index contributed by atoms with van der Waals surface area (Å²) in [5, 5.41) is 20.0. The van der Waals surface area contributed by atoms with Crippen LogP contribution in [0.2, 0.25) is 0 Å². The summed E-state index contributed by atoms with van der Waals surface area (Å²) in [4.78, 5) is 12.3. The van der Waals surface area contributed by atoms with Gasteiger partial charge in [0.15, 0.2) is 0 Å². The van der Waals surface area contributed by atoms with Gasteiger partial charge in [0.05, 0.1) is 12.7 Å². The molecule has 0 radical (unpaired) electrons. The number of hydrogen-bond acceptors (Lipinski definition) is 5. The van der Waals surface area contributed by atoms with Crippen LogP contribution in [-0.4, -0.2) is 42.3 Å². The molecule has 0 heterocycles. The van der Waals surface area contributed by atoms with Gasteiger partial charge in [0.1, 0.15) is 13.2 Å². The summed E-state index contributed by atoms with van der Waals surface area (Å²) in [5.41, 5.74) is 2.05. The van der Waals surface area contributed by atoms with E-state index in [-0.39, 0.29) is 46.4 Å². The summed E-state index contributed by atoms with van der Waals surface area (Å²) in [7, 11) is 0. The topological polar surface area (TPSA) is 76.0 Å². The van der Waals surface area contributed by atoms with Gasteiger partial charge in [-0.2, -0.15) is 0 Å². The first kappa shape index (κ1) is 28.5. The molecule has 5 saturated carbocycles. The van der Waals surface area contributed by atoms with Gasteiger partial charge in [0.2, 0.25) is 0 Å². The molecule has 216 valence electrons. The average Bonchev–Trinajstić information content (AvgIpc) is 3.25. The van der Waals surface area contributed by atoms with Crippen LogP contribution >= 0.6 is 0 Å². The van der Waals surface area contributed by atoms with Crippen LogP contribution in [0.4, 0.5) is 4.79 Å². The maximum absolute atomic E-state index is 12.3. The van der Waals surface area contributed by atoms with Crippen molar-refractivity contribution < 1.29 is 24.5 Å². The molecule has 0 unspecified atom stereocenters. The fraction of sp³-hybridized carbons (Fsp3) is 0.909. The molecule has 10 atom stereocenters. The Morgan fingerprint density at radius 1 is 0.868 bits per heavy atom. The summed E-state index contributed by atoms with van der Waals surface area (Å²) in [6.07, 6.45) is 10.7. The molecule has 2 N–H and O–H groups in total. The van der Waals surface area contributed by atoms with E-state index in [1.807, 2.05) is 0 Å². The summed E-state index contributed by atoms with van der Waals surface area (Å²) in [6.45, 7) is 19.4. The maximum atomic E-state index is 12.3. The SMILES string of the molecule is C=C(C)[C@@H]1CC[C@]2(COC(=O)OCCO)CC[C@]3(C)[C@H](CC[C@@H]4[C@@]5(C)CC[C@H](O)C(C)(C)[C@@H]5CC[C@]43C)[C@@H]12. The molecule has 0 spiro atoms. The second kappa shape index (κ2) is 9.50. The first-order chi connectivity index (χ1) is 17.8. The molecule has 5 rings (SSSR count). The fourth-order valence-electron chi connectivity index (χ4n) is 11.9. The van der Waals surface area contributed by atoms with E-state index in [4.69, 9.17) is 14.6 Å². The molecule has 0 aromatic carbocycles. The van der Waals surface area contributed by atoms with E-state index in [2.05, 4.69) is 48.1 Å². The van der Waals surface area contributed by atoms with Gasteiger partial charge in [0.25, 0.3) is 0 Å². The Morgan fingerprint density at radius 2 is 1.61 bits per heavy atom. The number of allylic oxidation sites excluding steroid dienone is 1. The zero-order valence-corrected chi connectivity index (χ0v) is 25.0. The molecular weight excluding hydrogens is 476 g/mol. The van der Waals surface area contributed by atoms with Gasteiger partial charge in [-0.25, -0.2) is 4.79 Å². The zero-order valence-electron chi connectivity index (χ0n) is 25.0. The number of rotatable bonds is 5. The van der Waals surface area contributed by atoms with Crippen molar-refractivity contribution in [3.05, 3.63) is 12.2 Å². The van der Waals surface area contributed by atoms with Crippen molar-refractivity contribution >= 4 is 6.16 Å². The third-order valence-corrected chi connectivity index (χ3v) is 14.0. The van der Waals surface area contributed by atoms with E-state index >= 15 is 0 Å². The Morgan fingerprint density at radius 3 is 2.29 bits per heavy atom. The number of aliphatic hydroxyl groups is 2. The van der Waals surface area contributed by atoms with Crippen LogP contribution in [0.1, 0.15) is 106 Å². The molecule has 0 aliphatic heterocycles. The maximum Gasteiger partial charge on any atom is 0.508 e. The highest BCUT2D eigenvalue weighted by Gasteiger charge is 2.71. The van der Waals surface area contributed by atoms with Gasteiger partial charge < -0.3 is 19.7 Å². The minimum absolute atomic E-state index is 0.00668. The number of carbonyl (C=O) groups is 1. The van der Waals surface area contributed by atoms with Crippen LogP contribution in [0.5, 0.6) is 0 Å². The molecule has 5 fully saturated rings. The van der Waals surface area contributed by atoms with Crippen LogP contribution in [0.15, 0.2) is 12.2 Å². The number of carbonyl (C=O) groups excluding carboxylic acids is 1. The second-order valence-electron chi connectivity index (χ2n) is 15.5. The average molecular weight is 531 g/mol. The van der Waals surface area contributed by atoms with Crippen molar-refractivity contribution in [2.24, 2.45) is 56.7 Å².